The van der Waals surface area contributed by atoms with Gasteiger partial charge in [0, 0.05) is 6.42 Å². The van der Waals surface area contributed by atoms with Crippen molar-refractivity contribution in [3.63, 3.8) is 0 Å². The summed E-state index contributed by atoms with van der Waals surface area (Å²) in [7, 11) is 0. The topological polar surface area (TPSA) is 243 Å². The normalized spacial score (nSPS) is 14.3. The number of carbonyl (C=O) groups excluding carboxylic acids is 5. The summed E-state index contributed by atoms with van der Waals surface area (Å²) in [6.07, 6.45) is -1.97. The molecule has 5 amide bonds. The van der Waals surface area contributed by atoms with Gasteiger partial charge >= 0.3 is 18.0 Å². The third-order valence-corrected chi connectivity index (χ3v) is 6.53. The van der Waals surface area contributed by atoms with Crippen LogP contribution in [0.5, 0.6) is 0 Å². The number of carbonyl (C=O) groups is 7. The van der Waals surface area contributed by atoms with E-state index in [1.165, 1.54) is 0 Å². The lowest BCUT2D eigenvalue weighted by atomic mass is 9.96. The molecule has 0 saturated carbocycles. The molecule has 0 aliphatic rings. The number of nitrogens with one attached hydrogen (secondary N) is 4. The van der Waals surface area contributed by atoms with Crippen LogP contribution >= 0.6 is 0 Å². The molecule has 0 fully saturated rings. The molecule has 1 rings (SSSR count). The molecular weight excluding hydrogens is 566 g/mol. The number of nitrogens with two attached hydrogens (primary N) is 1. The Balaban J connectivity index is 3.07. The Morgan fingerprint density at radius 2 is 1.40 bits per heavy atom. The number of alkyl carbamates (subject to hydrolysis) is 1. The first-order chi connectivity index (χ1) is 20.2. The van der Waals surface area contributed by atoms with Gasteiger partial charge in [-0.3, -0.25) is 24.0 Å². The molecule has 0 spiro atoms. The lowest BCUT2D eigenvalue weighted by Crippen LogP contribution is -2.59. The molecule has 0 heterocycles. The summed E-state index contributed by atoms with van der Waals surface area (Å²) in [6, 6.07) is 3.27. The van der Waals surface area contributed by atoms with E-state index in [0.29, 0.717) is 6.42 Å². The van der Waals surface area contributed by atoms with Crippen LogP contribution in [0.15, 0.2) is 30.3 Å². The molecule has 43 heavy (non-hydrogen) atoms. The van der Waals surface area contributed by atoms with Gasteiger partial charge in [0.1, 0.15) is 30.8 Å². The second-order valence-corrected chi connectivity index (χ2v) is 10.4. The Kier molecular flexibility index (Phi) is 15.2. The predicted molar refractivity (Wildman–Crippen MR) is 152 cm³/mol. The van der Waals surface area contributed by atoms with Crippen molar-refractivity contribution < 1.29 is 48.5 Å². The number of ether oxygens (including phenoxy) is 1. The average Bonchev–Trinajstić information content (AvgIpc) is 2.94. The van der Waals surface area contributed by atoms with E-state index in [1.807, 2.05) is 0 Å². The minimum Gasteiger partial charge on any atom is -0.481 e. The van der Waals surface area contributed by atoms with Gasteiger partial charge in [-0.25, -0.2) is 9.59 Å². The Morgan fingerprint density at radius 3 is 1.91 bits per heavy atom. The lowest BCUT2D eigenvalue weighted by Gasteiger charge is -2.28. The summed E-state index contributed by atoms with van der Waals surface area (Å²) in [5.74, 6) is -7.38. The van der Waals surface area contributed by atoms with Crippen LogP contribution in [-0.4, -0.2) is 76.0 Å². The minimum atomic E-state index is -1.75. The van der Waals surface area contributed by atoms with E-state index in [-0.39, 0.29) is 19.4 Å². The molecule has 0 radical (unpaired) electrons. The second-order valence-electron chi connectivity index (χ2n) is 10.4. The molecule has 1 aromatic carbocycles. The first-order valence-corrected chi connectivity index (χ1v) is 13.8. The molecule has 0 unspecified atom stereocenters. The highest BCUT2D eigenvalue weighted by Crippen LogP contribution is 2.11. The van der Waals surface area contributed by atoms with Gasteiger partial charge in [0.05, 0.1) is 6.42 Å². The van der Waals surface area contributed by atoms with E-state index < -0.39 is 84.1 Å². The number of aliphatic carboxylic acids is 2. The number of rotatable bonds is 18. The molecular formula is C28H41N5O10. The largest absolute Gasteiger partial charge is 0.481 e. The molecule has 15 nitrogen and oxygen atoms in total. The summed E-state index contributed by atoms with van der Waals surface area (Å²) in [5, 5.41) is 27.8. The minimum absolute atomic E-state index is 0.0446. The Labute approximate surface area is 249 Å². The first-order valence-electron chi connectivity index (χ1n) is 13.8. The van der Waals surface area contributed by atoms with Crippen molar-refractivity contribution in [2.24, 2.45) is 17.6 Å². The monoisotopic (exact) mass is 607 g/mol. The number of hydrogen-bond donors (Lipinski definition) is 7. The van der Waals surface area contributed by atoms with Gasteiger partial charge in [-0.1, -0.05) is 64.4 Å². The van der Waals surface area contributed by atoms with Crippen molar-refractivity contribution in [2.75, 3.05) is 0 Å². The standard InChI is InChI=1S/C28H41N5O10/c1-5-16(4)23(26(39)31-19(27(40)41)13-21(35)36)32-24(37)18(11-12-20(29)34)30-25(38)22(15(2)3)33-28(42)43-14-17-9-7-6-8-10-17/h6-10,15-16,18-19,22-23H,5,11-14H2,1-4H3,(H2,29,34)(H,30,38)(H,31,39)(H,32,37)(H,33,42)(H,35,36)(H,40,41)/t16-,18-,19-,22-,23-/m0/s1. The van der Waals surface area contributed by atoms with Gasteiger partial charge in [0.15, 0.2) is 0 Å². The quantitative estimate of drug-likeness (QED) is 0.120. The smallest absolute Gasteiger partial charge is 0.408 e. The number of hydrogen-bond acceptors (Lipinski definition) is 8. The number of amides is 5. The molecule has 0 aromatic heterocycles. The van der Waals surface area contributed by atoms with Crippen molar-refractivity contribution in [1.82, 2.24) is 21.3 Å². The lowest BCUT2D eigenvalue weighted by molar-refractivity contribution is -0.147. The first kappa shape index (κ1) is 36.3. The second kappa shape index (κ2) is 18.0. The van der Waals surface area contributed by atoms with E-state index in [0.717, 1.165) is 5.56 Å². The molecule has 1 aromatic rings. The van der Waals surface area contributed by atoms with Gasteiger partial charge in [-0.2, -0.15) is 0 Å². The van der Waals surface area contributed by atoms with Crippen LogP contribution in [0.2, 0.25) is 0 Å². The summed E-state index contributed by atoms with van der Waals surface area (Å²) in [4.78, 5) is 85.9. The van der Waals surface area contributed by atoms with E-state index in [4.69, 9.17) is 15.6 Å². The van der Waals surface area contributed by atoms with E-state index in [1.54, 1.807) is 58.0 Å². The summed E-state index contributed by atoms with van der Waals surface area (Å²) in [6.45, 7) is 6.58. The zero-order valence-corrected chi connectivity index (χ0v) is 24.6. The predicted octanol–water partition coefficient (Wildman–Crippen LogP) is 0.263. The third-order valence-electron chi connectivity index (χ3n) is 6.53. The fourth-order valence-corrected chi connectivity index (χ4v) is 3.84. The van der Waals surface area contributed by atoms with Crippen molar-refractivity contribution in [1.29, 1.82) is 0 Å². The maximum absolute atomic E-state index is 13.3. The van der Waals surface area contributed by atoms with E-state index in [9.17, 15) is 38.7 Å². The van der Waals surface area contributed by atoms with Crippen molar-refractivity contribution in [3.8, 4) is 0 Å². The average molecular weight is 608 g/mol. The number of benzene rings is 1. The molecule has 0 aliphatic carbocycles. The van der Waals surface area contributed by atoms with Gasteiger partial charge < -0.3 is 42.0 Å². The van der Waals surface area contributed by atoms with Crippen molar-refractivity contribution in [2.45, 2.75) is 84.2 Å². The highest BCUT2D eigenvalue weighted by Gasteiger charge is 2.34. The third kappa shape index (κ3) is 13.2. The van der Waals surface area contributed by atoms with Crippen LogP contribution in [0.4, 0.5) is 4.79 Å². The van der Waals surface area contributed by atoms with Crippen LogP contribution in [0.25, 0.3) is 0 Å². The zero-order valence-electron chi connectivity index (χ0n) is 24.6. The number of primary amides is 1. The van der Waals surface area contributed by atoms with Crippen LogP contribution < -0.4 is 27.0 Å². The van der Waals surface area contributed by atoms with E-state index in [2.05, 4.69) is 21.3 Å². The molecule has 5 atom stereocenters. The van der Waals surface area contributed by atoms with Gasteiger partial charge in [-0.15, -0.1) is 0 Å². The van der Waals surface area contributed by atoms with E-state index >= 15 is 0 Å². The highest BCUT2D eigenvalue weighted by molar-refractivity contribution is 5.95. The summed E-state index contributed by atoms with van der Waals surface area (Å²) < 4.78 is 5.19. The molecule has 0 bridgehead atoms. The fourth-order valence-electron chi connectivity index (χ4n) is 3.84. The molecule has 0 aliphatic heterocycles. The SMILES string of the molecule is CC[C@H](C)[C@H](NC(=O)[C@H](CCC(N)=O)NC(=O)[C@@H](NC(=O)OCc1ccccc1)C(C)C)C(=O)N[C@@H](CC(=O)O)C(=O)O. The van der Waals surface area contributed by atoms with Crippen LogP contribution in [0.3, 0.4) is 0 Å². The fraction of sp³-hybridized carbons (Fsp3) is 0.536. The Morgan fingerprint density at radius 1 is 0.814 bits per heavy atom. The molecule has 8 N–H and O–H groups in total. The van der Waals surface area contributed by atoms with Gasteiger partial charge in [-0.05, 0) is 23.8 Å². The number of carboxylic acids is 2. The number of carboxylic acid groups (broad SMARTS) is 2. The molecule has 0 saturated heterocycles. The van der Waals surface area contributed by atoms with Gasteiger partial charge in [0.2, 0.25) is 23.6 Å². The van der Waals surface area contributed by atoms with Crippen molar-refractivity contribution in [3.05, 3.63) is 35.9 Å². The van der Waals surface area contributed by atoms with Crippen LogP contribution in [0.1, 0.15) is 58.9 Å². The molecule has 238 valence electrons. The van der Waals surface area contributed by atoms with Gasteiger partial charge in [0.25, 0.3) is 0 Å². The Bertz CT molecular complexity index is 1140. The maximum Gasteiger partial charge on any atom is 0.408 e. The van der Waals surface area contributed by atoms with Crippen LogP contribution in [0, 0.1) is 11.8 Å². The van der Waals surface area contributed by atoms with Crippen molar-refractivity contribution >= 4 is 41.7 Å². The molecule has 15 heteroatoms. The Hall–Kier alpha value is -4.69. The highest BCUT2D eigenvalue weighted by atomic mass is 16.5. The summed E-state index contributed by atoms with van der Waals surface area (Å²) >= 11 is 0. The van der Waals surface area contributed by atoms with Crippen LogP contribution in [-0.2, 0) is 40.1 Å². The maximum atomic E-state index is 13.3. The zero-order chi connectivity index (χ0) is 32.7. The summed E-state index contributed by atoms with van der Waals surface area (Å²) in [5.41, 5.74) is 5.97.